The van der Waals surface area contributed by atoms with Crippen LogP contribution in [-0.4, -0.2) is 35.2 Å². The number of allylic oxidation sites excluding steroid dienone is 1. The van der Waals surface area contributed by atoms with Crippen molar-refractivity contribution >= 4 is 23.3 Å². The number of rotatable bonds is 7. The first-order valence-electron chi connectivity index (χ1n) is 8.47. The Morgan fingerprint density at radius 2 is 2.19 bits per heavy atom. The molecular formula is C20H21N5O2. The van der Waals surface area contributed by atoms with Crippen LogP contribution in [0.4, 0.5) is 0 Å². The third-order valence-electron chi connectivity index (χ3n) is 4.19. The number of carbonyl (C=O) groups excluding carboxylic acids is 1. The van der Waals surface area contributed by atoms with Crippen molar-refractivity contribution in [3.05, 3.63) is 71.8 Å². The van der Waals surface area contributed by atoms with E-state index in [2.05, 4.69) is 10.3 Å². The molecule has 0 aliphatic heterocycles. The molecule has 2 aromatic heterocycles. The van der Waals surface area contributed by atoms with Gasteiger partial charge >= 0.3 is 0 Å². The Morgan fingerprint density at radius 1 is 1.33 bits per heavy atom. The van der Waals surface area contributed by atoms with E-state index in [9.17, 15) is 4.79 Å². The average molecular weight is 363 g/mol. The maximum absolute atomic E-state index is 12.4. The average Bonchev–Trinajstić information content (AvgIpc) is 3.13. The van der Waals surface area contributed by atoms with E-state index in [1.165, 1.54) is 12.4 Å². The quantitative estimate of drug-likeness (QED) is 0.560. The van der Waals surface area contributed by atoms with Crippen molar-refractivity contribution in [2.75, 3.05) is 13.7 Å². The maximum Gasteiger partial charge on any atom is 0.271 e. The molecule has 27 heavy (non-hydrogen) atoms. The van der Waals surface area contributed by atoms with Crippen LogP contribution in [0.3, 0.4) is 0 Å². The van der Waals surface area contributed by atoms with Crippen LogP contribution >= 0.6 is 0 Å². The summed E-state index contributed by atoms with van der Waals surface area (Å²) in [5, 5.41) is 10.3. The van der Waals surface area contributed by atoms with Gasteiger partial charge in [0.05, 0.1) is 7.11 Å². The molecule has 0 fully saturated rings. The molecule has 0 aliphatic carbocycles. The number of benzene rings is 1. The first-order chi connectivity index (χ1) is 13.1. The molecule has 7 heteroatoms. The van der Waals surface area contributed by atoms with Crippen LogP contribution in [-0.2, 0) is 6.42 Å². The number of ether oxygens (including phenoxy) is 1. The van der Waals surface area contributed by atoms with Crippen molar-refractivity contribution < 1.29 is 9.53 Å². The number of nitrogens with one attached hydrogen (secondary N) is 2. The van der Waals surface area contributed by atoms with E-state index in [0.717, 1.165) is 16.9 Å². The second-order valence-electron chi connectivity index (χ2n) is 5.93. The molecule has 138 valence electrons. The van der Waals surface area contributed by atoms with Gasteiger partial charge in [-0.25, -0.2) is 4.98 Å². The zero-order valence-corrected chi connectivity index (χ0v) is 15.0. The molecule has 3 aromatic rings. The number of pyridine rings is 1. The standard InChI is InChI=1S/C20H21N5O2/c1-27-17-4-2-3-14(9-17)7-8-23-20(26)18-13-25-12-15(16(10-21)11-22)5-6-19(25)24-18/h2-6,9-13,21H,7-8,22H2,1H3,(H,23,26)/b16-11+,21-10?. The van der Waals surface area contributed by atoms with Crippen molar-refractivity contribution in [1.29, 1.82) is 5.41 Å². The predicted molar refractivity (Wildman–Crippen MR) is 105 cm³/mol. The Kier molecular flexibility index (Phi) is 5.51. The van der Waals surface area contributed by atoms with Crippen molar-refractivity contribution in [3.63, 3.8) is 0 Å². The minimum Gasteiger partial charge on any atom is -0.497 e. The number of hydrogen-bond donors (Lipinski definition) is 3. The van der Waals surface area contributed by atoms with Crippen molar-refractivity contribution in [3.8, 4) is 5.75 Å². The van der Waals surface area contributed by atoms with Gasteiger partial charge in [0, 0.05) is 42.5 Å². The minimum absolute atomic E-state index is 0.232. The van der Waals surface area contributed by atoms with E-state index < -0.39 is 0 Å². The van der Waals surface area contributed by atoms with E-state index >= 15 is 0 Å². The lowest BCUT2D eigenvalue weighted by atomic mass is 10.1. The number of hydrogen-bond acceptors (Lipinski definition) is 5. The number of nitrogens with two attached hydrogens (primary N) is 1. The predicted octanol–water partition coefficient (Wildman–Crippen LogP) is 2.26. The second-order valence-corrected chi connectivity index (χ2v) is 5.93. The van der Waals surface area contributed by atoms with Gasteiger partial charge in [-0.1, -0.05) is 12.1 Å². The van der Waals surface area contributed by atoms with Crippen LogP contribution in [0.5, 0.6) is 5.75 Å². The molecular weight excluding hydrogens is 342 g/mol. The van der Waals surface area contributed by atoms with Gasteiger partial charge in [-0.15, -0.1) is 0 Å². The minimum atomic E-state index is -0.232. The molecule has 7 nitrogen and oxygen atoms in total. The monoisotopic (exact) mass is 363 g/mol. The van der Waals surface area contributed by atoms with Crippen molar-refractivity contribution in [1.82, 2.24) is 14.7 Å². The summed E-state index contributed by atoms with van der Waals surface area (Å²) < 4.78 is 6.95. The molecule has 0 bridgehead atoms. The summed E-state index contributed by atoms with van der Waals surface area (Å²) >= 11 is 0. The highest BCUT2D eigenvalue weighted by Gasteiger charge is 2.11. The molecule has 0 radical (unpaired) electrons. The number of carbonyl (C=O) groups is 1. The van der Waals surface area contributed by atoms with E-state index in [-0.39, 0.29) is 5.91 Å². The smallest absolute Gasteiger partial charge is 0.271 e. The molecule has 1 aromatic carbocycles. The lowest BCUT2D eigenvalue weighted by molar-refractivity contribution is 0.0950. The summed E-state index contributed by atoms with van der Waals surface area (Å²) in [5.74, 6) is 0.565. The summed E-state index contributed by atoms with van der Waals surface area (Å²) in [7, 11) is 1.63. The zero-order valence-electron chi connectivity index (χ0n) is 15.0. The van der Waals surface area contributed by atoms with Crippen molar-refractivity contribution in [2.45, 2.75) is 6.42 Å². The third kappa shape index (κ3) is 4.14. The highest BCUT2D eigenvalue weighted by Crippen LogP contribution is 2.15. The largest absolute Gasteiger partial charge is 0.497 e. The molecule has 2 heterocycles. The summed E-state index contributed by atoms with van der Waals surface area (Å²) in [6.45, 7) is 0.499. The van der Waals surface area contributed by atoms with Gasteiger partial charge < -0.3 is 25.6 Å². The number of imidazole rings is 1. The molecule has 0 unspecified atom stereocenters. The number of nitrogens with zero attached hydrogens (tertiary/aromatic N) is 2. The highest BCUT2D eigenvalue weighted by molar-refractivity contribution is 6.08. The molecule has 0 saturated heterocycles. The molecule has 4 N–H and O–H groups in total. The fourth-order valence-corrected chi connectivity index (χ4v) is 2.74. The topological polar surface area (TPSA) is 106 Å². The lowest BCUT2D eigenvalue weighted by Crippen LogP contribution is -2.25. The van der Waals surface area contributed by atoms with Crippen LogP contribution in [0.1, 0.15) is 21.6 Å². The highest BCUT2D eigenvalue weighted by atomic mass is 16.5. The van der Waals surface area contributed by atoms with Crippen molar-refractivity contribution in [2.24, 2.45) is 5.73 Å². The van der Waals surface area contributed by atoms with Gasteiger partial charge in [0.15, 0.2) is 0 Å². The lowest BCUT2D eigenvalue weighted by Gasteiger charge is -2.05. The van der Waals surface area contributed by atoms with Crippen LogP contribution in [0.25, 0.3) is 11.2 Å². The summed E-state index contributed by atoms with van der Waals surface area (Å²) in [6.07, 6.45) is 6.71. The van der Waals surface area contributed by atoms with Crippen LogP contribution in [0.15, 0.2) is 55.0 Å². The Morgan fingerprint density at radius 3 is 2.93 bits per heavy atom. The molecule has 1 amide bonds. The molecule has 0 atom stereocenters. The maximum atomic E-state index is 12.4. The Bertz CT molecular complexity index is 1010. The van der Waals surface area contributed by atoms with Crippen LogP contribution in [0.2, 0.25) is 0 Å². The SMILES string of the molecule is COc1cccc(CCNC(=O)c2cn3cc(/C(C=N)=C/N)ccc3n2)c1. The summed E-state index contributed by atoms with van der Waals surface area (Å²) in [5.41, 5.74) is 8.97. The molecule has 0 saturated carbocycles. The van der Waals surface area contributed by atoms with Gasteiger partial charge in [-0.3, -0.25) is 4.79 Å². The van der Waals surface area contributed by atoms with E-state index in [0.29, 0.717) is 29.9 Å². The Hall–Kier alpha value is -3.61. The van der Waals surface area contributed by atoms with E-state index in [1.54, 1.807) is 30.0 Å². The van der Waals surface area contributed by atoms with E-state index in [4.69, 9.17) is 15.9 Å². The van der Waals surface area contributed by atoms with Gasteiger partial charge in [0.25, 0.3) is 5.91 Å². The molecule has 3 rings (SSSR count). The second kappa shape index (κ2) is 8.18. The Balaban J connectivity index is 1.67. The number of amides is 1. The van der Waals surface area contributed by atoms with Crippen LogP contribution in [0, 0.1) is 5.41 Å². The number of methoxy groups -OCH3 is 1. The van der Waals surface area contributed by atoms with Gasteiger partial charge in [0.2, 0.25) is 0 Å². The zero-order chi connectivity index (χ0) is 19.2. The summed E-state index contributed by atoms with van der Waals surface area (Å²) in [4.78, 5) is 16.7. The summed E-state index contributed by atoms with van der Waals surface area (Å²) in [6, 6.07) is 11.4. The van der Waals surface area contributed by atoms with Gasteiger partial charge in [0.1, 0.15) is 17.1 Å². The first-order valence-corrected chi connectivity index (χ1v) is 8.47. The number of fused-ring (bicyclic) bond motifs is 1. The first kappa shape index (κ1) is 18.2. The van der Waals surface area contributed by atoms with E-state index in [1.807, 2.05) is 30.3 Å². The fraction of sp³-hybridized carbons (Fsp3) is 0.150. The Labute approximate surface area is 157 Å². The fourth-order valence-electron chi connectivity index (χ4n) is 2.74. The number of aromatic nitrogens is 2. The third-order valence-corrected chi connectivity index (χ3v) is 4.19. The van der Waals surface area contributed by atoms with Gasteiger partial charge in [-0.05, 0) is 36.2 Å². The molecule has 0 aliphatic rings. The van der Waals surface area contributed by atoms with Gasteiger partial charge in [-0.2, -0.15) is 0 Å². The molecule has 0 spiro atoms. The van der Waals surface area contributed by atoms with Crippen LogP contribution < -0.4 is 15.8 Å². The normalized spacial score (nSPS) is 11.4.